The monoisotopic (exact) mass is 477 g/mol. The third kappa shape index (κ3) is 7.44. The Bertz CT molecular complexity index is 1090. The number of nitrogens with zero attached hydrogens (tertiary/aromatic N) is 1. The molecule has 35 heavy (non-hydrogen) atoms. The summed E-state index contributed by atoms with van der Waals surface area (Å²) < 4.78 is 27.2. The molecule has 3 aromatic carbocycles. The highest BCUT2D eigenvalue weighted by Gasteiger charge is 2.26. The summed E-state index contributed by atoms with van der Waals surface area (Å²) in [5.74, 6) is -0.422. The van der Waals surface area contributed by atoms with Crippen LogP contribution >= 0.6 is 0 Å². The van der Waals surface area contributed by atoms with Crippen LogP contribution in [0.1, 0.15) is 35.1 Å². The van der Waals surface area contributed by atoms with Gasteiger partial charge >= 0.3 is 0 Å². The molecule has 0 spiro atoms. The molecule has 1 atom stereocenters. The largest absolute Gasteiger partial charge is 0.385 e. The van der Waals surface area contributed by atoms with Crippen LogP contribution in [-0.2, 0) is 30.7 Å². The molecule has 0 fully saturated rings. The van der Waals surface area contributed by atoms with Crippen LogP contribution < -0.4 is 10.6 Å². The smallest absolute Gasteiger partial charge is 0.123 e. The maximum Gasteiger partial charge on any atom is 0.123 e. The molecule has 0 amide bonds. The van der Waals surface area contributed by atoms with Crippen molar-refractivity contribution in [1.82, 2.24) is 10.2 Å². The van der Waals surface area contributed by atoms with Crippen LogP contribution in [0.5, 0.6) is 0 Å². The molecule has 0 saturated carbocycles. The van der Waals surface area contributed by atoms with Crippen molar-refractivity contribution in [2.75, 3.05) is 25.0 Å². The fourth-order valence-electron chi connectivity index (χ4n) is 4.64. The van der Waals surface area contributed by atoms with E-state index in [-0.39, 0.29) is 17.7 Å². The third-order valence-corrected chi connectivity index (χ3v) is 6.58. The van der Waals surface area contributed by atoms with E-state index in [4.69, 9.17) is 0 Å². The first-order valence-electron chi connectivity index (χ1n) is 12.3. The molecule has 1 heterocycles. The van der Waals surface area contributed by atoms with Gasteiger partial charge in [0, 0.05) is 50.9 Å². The zero-order valence-electron chi connectivity index (χ0n) is 20.0. The lowest BCUT2D eigenvalue weighted by Crippen LogP contribution is -2.44. The van der Waals surface area contributed by atoms with Gasteiger partial charge < -0.3 is 15.4 Å². The highest BCUT2D eigenvalue weighted by Crippen LogP contribution is 2.26. The topological polar surface area (TPSA) is 44.4 Å². The predicted octanol–water partition coefficient (Wildman–Crippen LogP) is 5.12. The Labute approximate surface area is 206 Å². The molecule has 0 aromatic heterocycles. The average Bonchev–Trinajstić information content (AvgIpc) is 2.87. The van der Waals surface area contributed by atoms with Crippen molar-refractivity contribution in [3.63, 3.8) is 0 Å². The number of hydrogen-bond acceptors (Lipinski definition) is 4. The van der Waals surface area contributed by atoms with Gasteiger partial charge in [-0.25, -0.2) is 8.78 Å². The number of anilines is 1. The van der Waals surface area contributed by atoms with Gasteiger partial charge in [-0.15, -0.1) is 0 Å². The Balaban J connectivity index is 1.30. The zero-order chi connectivity index (χ0) is 24.5. The fourth-order valence-corrected chi connectivity index (χ4v) is 4.64. The van der Waals surface area contributed by atoms with Gasteiger partial charge in [-0.1, -0.05) is 30.3 Å². The Kier molecular flexibility index (Phi) is 8.98. The second kappa shape index (κ2) is 12.6. The summed E-state index contributed by atoms with van der Waals surface area (Å²) in [5, 5.41) is 6.87. The first-order chi connectivity index (χ1) is 17.1. The van der Waals surface area contributed by atoms with E-state index in [9.17, 15) is 13.6 Å². The number of aldehydes is 1. The zero-order valence-corrected chi connectivity index (χ0v) is 20.0. The van der Waals surface area contributed by atoms with E-state index in [1.807, 2.05) is 18.2 Å². The maximum atomic E-state index is 13.8. The molecule has 1 aliphatic heterocycles. The minimum absolute atomic E-state index is 0.193. The quantitative estimate of drug-likeness (QED) is 0.281. The van der Waals surface area contributed by atoms with Gasteiger partial charge in [0.25, 0.3) is 0 Å². The molecule has 0 bridgehead atoms. The van der Waals surface area contributed by atoms with Crippen LogP contribution in [0.3, 0.4) is 0 Å². The summed E-state index contributed by atoms with van der Waals surface area (Å²) in [4.78, 5) is 12.8. The Morgan fingerprint density at radius 2 is 1.63 bits per heavy atom. The van der Waals surface area contributed by atoms with Crippen molar-refractivity contribution in [3.05, 3.63) is 101 Å². The minimum atomic E-state index is -0.229. The van der Waals surface area contributed by atoms with E-state index in [0.717, 1.165) is 75.1 Å². The van der Waals surface area contributed by atoms with E-state index in [2.05, 4.69) is 39.8 Å². The summed E-state index contributed by atoms with van der Waals surface area (Å²) in [6, 6.07) is 20.4. The van der Waals surface area contributed by atoms with E-state index in [1.54, 1.807) is 6.07 Å². The number of halogens is 2. The normalized spacial score (nSPS) is 15.5. The van der Waals surface area contributed by atoms with Crippen molar-refractivity contribution in [3.8, 4) is 0 Å². The number of fused-ring (bicyclic) bond motifs is 1. The van der Waals surface area contributed by atoms with E-state index < -0.39 is 0 Å². The van der Waals surface area contributed by atoms with Gasteiger partial charge in [0.15, 0.2) is 0 Å². The van der Waals surface area contributed by atoms with Crippen LogP contribution in [0, 0.1) is 11.6 Å². The molecule has 0 radical (unpaired) electrons. The maximum absolute atomic E-state index is 13.8. The molecule has 4 nitrogen and oxygen atoms in total. The second-order valence-corrected chi connectivity index (χ2v) is 9.18. The van der Waals surface area contributed by atoms with Gasteiger partial charge in [0.1, 0.15) is 17.9 Å². The second-order valence-electron chi connectivity index (χ2n) is 9.18. The number of carbonyl (C=O) groups excluding carboxylic acids is 1. The fraction of sp³-hybridized carbons (Fsp3) is 0.345. The molecule has 6 heteroatoms. The van der Waals surface area contributed by atoms with E-state index >= 15 is 0 Å². The summed E-state index contributed by atoms with van der Waals surface area (Å²) in [6.45, 7) is 4.07. The lowest BCUT2D eigenvalue weighted by atomic mass is 9.90. The number of hydrogen-bond donors (Lipinski definition) is 2. The minimum Gasteiger partial charge on any atom is -0.385 e. The van der Waals surface area contributed by atoms with Crippen LogP contribution in [-0.4, -0.2) is 36.9 Å². The number of nitrogens with one attached hydrogen (secondary N) is 2. The number of unbranched alkanes of at least 4 members (excludes halogenated alkanes) is 1. The van der Waals surface area contributed by atoms with Crippen molar-refractivity contribution >= 4 is 12.0 Å². The van der Waals surface area contributed by atoms with Gasteiger partial charge in [-0.3, -0.25) is 4.90 Å². The molecular formula is C29H33F2N3O. The van der Waals surface area contributed by atoms with Gasteiger partial charge in [0.05, 0.1) is 0 Å². The van der Waals surface area contributed by atoms with Gasteiger partial charge in [-0.2, -0.15) is 0 Å². The average molecular weight is 478 g/mol. The molecule has 1 aliphatic rings. The van der Waals surface area contributed by atoms with Gasteiger partial charge in [-0.05, 0) is 77.9 Å². The predicted molar refractivity (Wildman–Crippen MR) is 136 cm³/mol. The Morgan fingerprint density at radius 1 is 0.886 bits per heavy atom. The summed E-state index contributed by atoms with van der Waals surface area (Å²) in [7, 11) is 0. The van der Waals surface area contributed by atoms with Crippen molar-refractivity contribution in [2.45, 2.75) is 44.8 Å². The highest BCUT2D eigenvalue weighted by molar-refractivity contribution is 5.49. The van der Waals surface area contributed by atoms with E-state index in [1.165, 1.54) is 29.3 Å². The molecular weight excluding hydrogens is 444 g/mol. The van der Waals surface area contributed by atoms with Crippen LogP contribution in [0.25, 0.3) is 0 Å². The lowest BCUT2D eigenvalue weighted by Gasteiger charge is -2.37. The van der Waals surface area contributed by atoms with Crippen LogP contribution in [0.4, 0.5) is 14.5 Å². The Hall–Kier alpha value is -3.09. The Morgan fingerprint density at radius 3 is 2.40 bits per heavy atom. The first kappa shape index (κ1) is 25.0. The number of benzene rings is 3. The number of rotatable bonds is 12. The summed E-state index contributed by atoms with van der Waals surface area (Å²) in [6.07, 6.45) is 3.96. The standard InChI is InChI=1S/C29H33F2N3O/c30-26-8-3-22(4-9-26)17-29-19-25-18-27(31)10-7-24(25)21-34(29)15-14-32-20-23-5-11-28(12-6-23)33-13-1-2-16-35/h3-12,16,18,29,32-33H,1-2,13-15,17,19-21H2. The van der Waals surface area contributed by atoms with Crippen molar-refractivity contribution < 1.29 is 13.6 Å². The van der Waals surface area contributed by atoms with Gasteiger partial charge in [0.2, 0.25) is 0 Å². The summed E-state index contributed by atoms with van der Waals surface area (Å²) >= 11 is 0. The highest BCUT2D eigenvalue weighted by atomic mass is 19.1. The van der Waals surface area contributed by atoms with E-state index in [0.29, 0.717) is 6.42 Å². The molecule has 4 rings (SSSR count). The first-order valence-corrected chi connectivity index (χ1v) is 12.3. The number of carbonyl (C=O) groups is 1. The van der Waals surface area contributed by atoms with Crippen LogP contribution in [0.15, 0.2) is 66.7 Å². The summed E-state index contributed by atoms with van der Waals surface area (Å²) in [5.41, 5.74) is 5.62. The third-order valence-electron chi connectivity index (χ3n) is 6.58. The SMILES string of the molecule is O=CCCCNc1ccc(CNCCN2Cc3ccc(F)cc3CC2Cc2ccc(F)cc2)cc1. The molecule has 3 aromatic rings. The molecule has 184 valence electrons. The lowest BCUT2D eigenvalue weighted by molar-refractivity contribution is -0.107. The molecule has 0 aliphatic carbocycles. The molecule has 2 N–H and O–H groups in total. The van der Waals surface area contributed by atoms with Crippen molar-refractivity contribution in [1.29, 1.82) is 0 Å². The molecule has 1 unspecified atom stereocenters. The van der Waals surface area contributed by atoms with Crippen LogP contribution in [0.2, 0.25) is 0 Å². The van der Waals surface area contributed by atoms with Crippen molar-refractivity contribution in [2.24, 2.45) is 0 Å². The molecule has 0 saturated heterocycles.